The molecule has 0 atom stereocenters. The van der Waals surface area contributed by atoms with Gasteiger partial charge in [-0.05, 0) is 46.6 Å². The number of benzene rings is 1. The molecule has 1 aromatic heterocycles. The summed E-state index contributed by atoms with van der Waals surface area (Å²) < 4.78 is 3.30. The third-order valence-corrected chi connectivity index (χ3v) is 3.43. The van der Waals surface area contributed by atoms with Crippen molar-refractivity contribution in [2.45, 2.75) is 6.42 Å². The van der Waals surface area contributed by atoms with E-state index in [0.717, 1.165) is 6.42 Å². The van der Waals surface area contributed by atoms with Crippen LogP contribution in [0.15, 0.2) is 28.9 Å². The van der Waals surface area contributed by atoms with Crippen LogP contribution in [0.3, 0.4) is 0 Å². The Morgan fingerprint density at radius 2 is 2.14 bits per heavy atom. The van der Waals surface area contributed by atoms with Gasteiger partial charge in [0.15, 0.2) is 0 Å². The molecule has 14 heavy (non-hydrogen) atoms. The second kappa shape index (κ2) is 3.75. The highest BCUT2D eigenvalue weighted by Gasteiger charge is 2.06. The van der Waals surface area contributed by atoms with Crippen molar-refractivity contribution in [3.05, 3.63) is 34.4 Å². The predicted molar refractivity (Wildman–Crippen MR) is 63.4 cm³/mol. The van der Waals surface area contributed by atoms with Crippen molar-refractivity contribution in [1.82, 2.24) is 4.57 Å². The van der Waals surface area contributed by atoms with Crippen LogP contribution in [-0.4, -0.2) is 11.1 Å². The average Bonchev–Trinajstić information content (AvgIpc) is 2.54. The van der Waals surface area contributed by atoms with Crippen molar-refractivity contribution in [2.75, 3.05) is 6.54 Å². The summed E-state index contributed by atoms with van der Waals surface area (Å²) in [4.78, 5) is 0. The summed E-state index contributed by atoms with van der Waals surface area (Å²) in [6.07, 6.45) is 2.99. The number of halogens is 1. The van der Waals surface area contributed by atoms with Gasteiger partial charge >= 0.3 is 0 Å². The van der Waals surface area contributed by atoms with Crippen LogP contribution in [0.4, 0.5) is 0 Å². The Bertz CT molecular complexity index is 460. The lowest BCUT2D eigenvalue weighted by Crippen LogP contribution is -2.03. The van der Waals surface area contributed by atoms with Gasteiger partial charge in [-0.3, -0.25) is 0 Å². The van der Waals surface area contributed by atoms with E-state index in [9.17, 15) is 0 Å². The zero-order chi connectivity index (χ0) is 10.1. The topological polar surface area (TPSA) is 30.9 Å². The van der Waals surface area contributed by atoms with Crippen LogP contribution in [0.1, 0.15) is 5.56 Å². The van der Waals surface area contributed by atoms with Crippen molar-refractivity contribution >= 4 is 26.8 Å². The molecule has 0 spiro atoms. The molecule has 0 aliphatic carbocycles. The molecule has 0 bridgehead atoms. The first kappa shape index (κ1) is 9.74. The molecule has 2 nitrogen and oxygen atoms in total. The Morgan fingerprint density at radius 1 is 1.36 bits per heavy atom. The van der Waals surface area contributed by atoms with Crippen LogP contribution in [-0.2, 0) is 13.5 Å². The zero-order valence-electron chi connectivity index (χ0n) is 8.13. The summed E-state index contributed by atoms with van der Waals surface area (Å²) in [6.45, 7) is 0.691. The number of hydrogen-bond acceptors (Lipinski definition) is 1. The number of rotatable bonds is 2. The third kappa shape index (κ3) is 1.47. The first-order valence-electron chi connectivity index (χ1n) is 4.66. The maximum atomic E-state index is 5.55. The molecule has 1 heterocycles. The van der Waals surface area contributed by atoms with E-state index in [1.54, 1.807) is 0 Å². The van der Waals surface area contributed by atoms with Gasteiger partial charge in [0.1, 0.15) is 0 Å². The molecule has 2 rings (SSSR count). The van der Waals surface area contributed by atoms with E-state index in [4.69, 9.17) is 5.73 Å². The normalized spacial score (nSPS) is 11.1. The maximum absolute atomic E-state index is 5.55. The van der Waals surface area contributed by atoms with Gasteiger partial charge in [0.2, 0.25) is 0 Å². The minimum atomic E-state index is 0.691. The van der Waals surface area contributed by atoms with Gasteiger partial charge in [0, 0.05) is 28.6 Å². The number of aromatic nitrogens is 1. The standard InChI is InChI=1S/C11H13BrN2/c1-14-7-5-9-10(14)3-2-8(4-6-13)11(9)12/h2-3,5,7H,4,6,13H2,1H3. The van der Waals surface area contributed by atoms with Gasteiger partial charge in [-0.15, -0.1) is 0 Å². The molecule has 0 aliphatic rings. The summed E-state index contributed by atoms with van der Waals surface area (Å²) in [5.41, 5.74) is 8.08. The highest BCUT2D eigenvalue weighted by Crippen LogP contribution is 2.28. The fourth-order valence-electron chi connectivity index (χ4n) is 1.71. The molecule has 1 aromatic carbocycles. The van der Waals surface area contributed by atoms with E-state index in [2.05, 4.69) is 51.9 Å². The van der Waals surface area contributed by atoms with E-state index < -0.39 is 0 Å². The van der Waals surface area contributed by atoms with Crippen LogP contribution in [0.5, 0.6) is 0 Å². The SMILES string of the molecule is Cn1ccc2c(Br)c(CCN)ccc21. The molecule has 0 unspecified atom stereocenters. The number of nitrogens with zero attached hydrogens (tertiary/aromatic N) is 1. The Balaban J connectivity index is 2.63. The largest absolute Gasteiger partial charge is 0.351 e. The fraction of sp³-hybridized carbons (Fsp3) is 0.273. The second-order valence-electron chi connectivity index (χ2n) is 3.44. The van der Waals surface area contributed by atoms with E-state index in [0.29, 0.717) is 6.54 Å². The maximum Gasteiger partial charge on any atom is 0.0489 e. The van der Waals surface area contributed by atoms with Crippen LogP contribution in [0.2, 0.25) is 0 Å². The number of fused-ring (bicyclic) bond motifs is 1. The number of aryl methyl sites for hydroxylation is 1. The van der Waals surface area contributed by atoms with Crippen molar-refractivity contribution in [2.24, 2.45) is 12.8 Å². The molecule has 0 amide bonds. The highest BCUT2D eigenvalue weighted by atomic mass is 79.9. The summed E-state index contributed by atoms with van der Waals surface area (Å²) >= 11 is 3.63. The quantitative estimate of drug-likeness (QED) is 0.875. The van der Waals surface area contributed by atoms with Crippen molar-refractivity contribution in [3.63, 3.8) is 0 Å². The highest BCUT2D eigenvalue weighted by molar-refractivity contribution is 9.10. The molecule has 0 saturated carbocycles. The molecule has 2 aromatic rings. The molecular formula is C11H13BrN2. The smallest absolute Gasteiger partial charge is 0.0489 e. The monoisotopic (exact) mass is 252 g/mol. The van der Waals surface area contributed by atoms with Gasteiger partial charge in [-0.25, -0.2) is 0 Å². The first-order chi connectivity index (χ1) is 6.74. The van der Waals surface area contributed by atoms with Gasteiger partial charge in [0.05, 0.1) is 0 Å². The lowest BCUT2D eigenvalue weighted by molar-refractivity contribution is 0.957. The molecule has 2 N–H and O–H groups in total. The van der Waals surface area contributed by atoms with Gasteiger partial charge < -0.3 is 10.3 Å². The summed E-state index contributed by atoms with van der Waals surface area (Å²) in [6, 6.07) is 6.41. The third-order valence-electron chi connectivity index (χ3n) is 2.50. The Hall–Kier alpha value is -0.800. The number of hydrogen-bond donors (Lipinski definition) is 1. The van der Waals surface area contributed by atoms with Crippen LogP contribution >= 0.6 is 15.9 Å². The molecule has 3 heteroatoms. The minimum Gasteiger partial charge on any atom is -0.351 e. The fourth-order valence-corrected chi connectivity index (χ4v) is 2.37. The van der Waals surface area contributed by atoms with E-state index in [-0.39, 0.29) is 0 Å². The predicted octanol–water partition coefficient (Wildman–Crippen LogP) is 2.44. The first-order valence-corrected chi connectivity index (χ1v) is 5.46. The Labute approximate surface area is 91.8 Å². The number of nitrogens with two attached hydrogens (primary N) is 1. The summed E-state index contributed by atoms with van der Waals surface area (Å²) in [7, 11) is 2.05. The van der Waals surface area contributed by atoms with E-state index in [1.165, 1.54) is 20.9 Å². The Morgan fingerprint density at radius 3 is 2.86 bits per heavy atom. The molecule has 0 saturated heterocycles. The average molecular weight is 253 g/mol. The second-order valence-corrected chi connectivity index (χ2v) is 4.23. The van der Waals surface area contributed by atoms with Crippen molar-refractivity contribution in [1.29, 1.82) is 0 Å². The Kier molecular flexibility index (Phi) is 2.61. The lowest BCUT2D eigenvalue weighted by atomic mass is 10.1. The van der Waals surface area contributed by atoms with Crippen molar-refractivity contribution < 1.29 is 0 Å². The van der Waals surface area contributed by atoms with Crippen LogP contribution < -0.4 is 5.73 Å². The molecule has 0 radical (unpaired) electrons. The van der Waals surface area contributed by atoms with Crippen molar-refractivity contribution in [3.8, 4) is 0 Å². The molecule has 74 valence electrons. The summed E-state index contributed by atoms with van der Waals surface area (Å²) in [5, 5.41) is 1.26. The van der Waals surface area contributed by atoms with Crippen LogP contribution in [0, 0.1) is 0 Å². The van der Waals surface area contributed by atoms with Crippen LogP contribution in [0.25, 0.3) is 10.9 Å². The lowest BCUT2D eigenvalue weighted by Gasteiger charge is -2.04. The summed E-state index contributed by atoms with van der Waals surface area (Å²) in [5.74, 6) is 0. The molecule has 0 aliphatic heterocycles. The molecular weight excluding hydrogens is 240 g/mol. The molecule has 0 fully saturated rings. The zero-order valence-corrected chi connectivity index (χ0v) is 9.71. The minimum absolute atomic E-state index is 0.691. The van der Waals surface area contributed by atoms with E-state index >= 15 is 0 Å². The van der Waals surface area contributed by atoms with Gasteiger partial charge in [-0.1, -0.05) is 6.07 Å². The van der Waals surface area contributed by atoms with Gasteiger partial charge in [-0.2, -0.15) is 0 Å². The van der Waals surface area contributed by atoms with Gasteiger partial charge in [0.25, 0.3) is 0 Å². The van der Waals surface area contributed by atoms with E-state index in [1.807, 2.05) is 0 Å².